The molecule has 160 valence electrons. The predicted octanol–water partition coefficient (Wildman–Crippen LogP) is 5.76. The fourth-order valence-corrected chi connectivity index (χ4v) is 4.40. The molecule has 1 aromatic heterocycles. The number of benzene rings is 2. The average molecular weight is 436 g/mol. The first-order valence-corrected chi connectivity index (χ1v) is 10.9. The monoisotopic (exact) mass is 435 g/mol. The number of rotatable bonds is 5. The summed E-state index contributed by atoms with van der Waals surface area (Å²) in [5.41, 5.74) is 3.63. The molecule has 1 aliphatic rings. The molecule has 0 saturated carbocycles. The highest BCUT2D eigenvalue weighted by Crippen LogP contribution is 2.36. The minimum Gasteiger partial charge on any atom is -0.481 e. The van der Waals surface area contributed by atoms with Gasteiger partial charge in [0.1, 0.15) is 6.10 Å². The highest BCUT2D eigenvalue weighted by Gasteiger charge is 2.22. The fourth-order valence-electron chi connectivity index (χ4n) is 4.10. The van der Waals surface area contributed by atoms with Crippen LogP contribution in [0.4, 0.5) is 5.69 Å². The Morgan fingerprint density at radius 2 is 1.87 bits per heavy atom. The number of halogens is 1. The minimum atomic E-state index is -0.811. The number of fused-ring (bicyclic) bond motifs is 1. The Hall–Kier alpha value is -2.65. The summed E-state index contributed by atoms with van der Waals surface area (Å²) in [6.07, 6.45) is 1.56. The second-order valence-electron chi connectivity index (χ2n) is 8.25. The number of aliphatic hydroxyl groups excluding tert-OH is 1. The summed E-state index contributed by atoms with van der Waals surface area (Å²) >= 11 is 6.87. The zero-order valence-electron chi connectivity index (χ0n) is 17.8. The largest absolute Gasteiger partial charge is 0.481 e. The summed E-state index contributed by atoms with van der Waals surface area (Å²) in [6.45, 7) is 12.2. The van der Waals surface area contributed by atoms with Crippen LogP contribution in [-0.4, -0.2) is 35.2 Å². The van der Waals surface area contributed by atoms with Gasteiger partial charge >= 0.3 is 0 Å². The minimum absolute atomic E-state index is 0.547. The van der Waals surface area contributed by atoms with Crippen LogP contribution in [0.1, 0.15) is 42.6 Å². The van der Waals surface area contributed by atoms with Crippen LogP contribution < -0.4 is 4.74 Å². The van der Waals surface area contributed by atoms with E-state index in [2.05, 4.69) is 21.7 Å². The van der Waals surface area contributed by atoms with Crippen molar-refractivity contribution in [3.05, 3.63) is 75.6 Å². The number of ether oxygens (including phenoxy) is 1. The van der Waals surface area contributed by atoms with Crippen molar-refractivity contribution in [2.75, 3.05) is 20.2 Å². The summed E-state index contributed by atoms with van der Waals surface area (Å²) < 4.78 is 5.57. The standard InChI is InChI=1S/C25H26ClN3O2/c1-16-10-12-29(13-11-16)15-21-23(26)20-14-18(6-9-22(20)28-25(21)31-3)24(30)17-4-7-19(27-2)8-5-17/h4-9,14,16,24,30H,10-13,15H2,1,3H3. The molecule has 0 bridgehead atoms. The average Bonchev–Trinajstić information content (AvgIpc) is 2.81. The van der Waals surface area contributed by atoms with Crippen LogP contribution in [0.15, 0.2) is 42.5 Å². The molecule has 5 nitrogen and oxygen atoms in total. The third-order valence-corrected chi connectivity index (χ3v) is 6.54. The van der Waals surface area contributed by atoms with Crippen molar-refractivity contribution in [2.45, 2.75) is 32.4 Å². The number of aromatic nitrogens is 1. The van der Waals surface area contributed by atoms with Crippen molar-refractivity contribution < 1.29 is 9.84 Å². The molecule has 1 aliphatic heterocycles. The zero-order valence-corrected chi connectivity index (χ0v) is 18.6. The van der Waals surface area contributed by atoms with Gasteiger partial charge in [-0.25, -0.2) is 9.83 Å². The van der Waals surface area contributed by atoms with Crippen molar-refractivity contribution >= 4 is 28.2 Å². The van der Waals surface area contributed by atoms with Crippen LogP contribution in [-0.2, 0) is 6.54 Å². The first-order chi connectivity index (χ1) is 15.0. The van der Waals surface area contributed by atoms with Crippen molar-refractivity contribution in [1.29, 1.82) is 0 Å². The van der Waals surface area contributed by atoms with E-state index in [1.165, 1.54) is 12.8 Å². The molecule has 0 spiro atoms. The molecule has 1 fully saturated rings. The van der Waals surface area contributed by atoms with E-state index in [1.54, 1.807) is 31.4 Å². The van der Waals surface area contributed by atoms with Gasteiger partial charge in [-0.05, 0) is 55.1 Å². The maximum atomic E-state index is 10.9. The summed E-state index contributed by atoms with van der Waals surface area (Å²) in [6, 6.07) is 12.6. The van der Waals surface area contributed by atoms with E-state index in [4.69, 9.17) is 22.9 Å². The number of piperidine rings is 1. The lowest BCUT2D eigenvalue weighted by Gasteiger charge is -2.30. The Balaban J connectivity index is 1.69. The highest BCUT2D eigenvalue weighted by atomic mass is 35.5. The molecule has 1 N–H and O–H groups in total. The van der Waals surface area contributed by atoms with Gasteiger partial charge in [0, 0.05) is 17.5 Å². The smallest absolute Gasteiger partial charge is 0.219 e. The summed E-state index contributed by atoms with van der Waals surface area (Å²) in [7, 11) is 1.62. The second kappa shape index (κ2) is 9.23. The van der Waals surface area contributed by atoms with E-state index in [1.807, 2.05) is 18.2 Å². The Morgan fingerprint density at radius 3 is 2.52 bits per heavy atom. The van der Waals surface area contributed by atoms with Gasteiger partial charge in [0.15, 0.2) is 5.69 Å². The lowest BCUT2D eigenvalue weighted by Crippen LogP contribution is -2.32. The molecule has 0 radical (unpaired) electrons. The van der Waals surface area contributed by atoms with Crippen LogP contribution in [0, 0.1) is 12.5 Å². The highest BCUT2D eigenvalue weighted by molar-refractivity contribution is 6.36. The van der Waals surface area contributed by atoms with Crippen LogP contribution in [0.5, 0.6) is 5.88 Å². The number of pyridine rings is 1. The molecule has 3 aromatic rings. The Labute approximate surface area is 188 Å². The molecular formula is C25H26ClN3O2. The van der Waals surface area contributed by atoms with E-state index in [0.29, 0.717) is 23.1 Å². The van der Waals surface area contributed by atoms with Crippen LogP contribution in [0.2, 0.25) is 5.02 Å². The number of hydrogen-bond donors (Lipinski definition) is 1. The number of aliphatic hydroxyl groups is 1. The van der Waals surface area contributed by atoms with Crippen LogP contribution in [0.3, 0.4) is 0 Å². The summed E-state index contributed by atoms with van der Waals surface area (Å²) in [4.78, 5) is 10.5. The quantitative estimate of drug-likeness (QED) is 0.517. The molecule has 2 heterocycles. The van der Waals surface area contributed by atoms with Crippen molar-refractivity contribution in [1.82, 2.24) is 9.88 Å². The Morgan fingerprint density at radius 1 is 1.19 bits per heavy atom. The maximum absolute atomic E-state index is 10.9. The maximum Gasteiger partial charge on any atom is 0.219 e. The number of hydrogen-bond acceptors (Lipinski definition) is 4. The molecule has 2 aromatic carbocycles. The third-order valence-electron chi connectivity index (χ3n) is 6.11. The predicted molar refractivity (Wildman–Crippen MR) is 124 cm³/mol. The number of methoxy groups -OCH3 is 1. The molecule has 1 saturated heterocycles. The van der Waals surface area contributed by atoms with E-state index in [0.717, 1.165) is 46.6 Å². The van der Waals surface area contributed by atoms with Gasteiger partial charge in [-0.3, -0.25) is 4.90 Å². The Bertz CT molecular complexity index is 1120. The first kappa shape index (κ1) is 21.6. The molecule has 4 rings (SSSR count). The van der Waals surface area contributed by atoms with E-state index in [-0.39, 0.29) is 0 Å². The first-order valence-electron chi connectivity index (χ1n) is 10.5. The van der Waals surface area contributed by atoms with Crippen molar-refractivity contribution in [3.8, 4) is 5.88 Å². The van der Waals surface area contributed by atoms with Gasteiger partial charge in [-0.2, -0.15) is 0 Å². The van der Waals surface area contributed by atoms with Crippen LogP contribution >= 0.6 is 11.6 Å². The van der Waals surface area contributed by atoms with Gasteiger partial charge < -0.3 is 9.84 Å². The number of nitrogens with zero attached hydrogens (tertiary/aromatic N) is 3. The molecule has 0 aliphatic carbocycles. The lowest BCUT2D eigenvalue weighted by atomic mass is 9.98. The van der Waals surface area contributed by atoms with Gasteiger partial charge in [-0.15, -0.1) is 0 Å². The summed E-state index contributed by atoms with van der Waals surface area (Å²) in [5, 5.41) is 12.3. The van der Waals surface area contributed by atoms with Crippen molar-refractivity contribution in [3.63, 3.8) is 0 Å². The zero-order chi connectivity index (χ0) is 22.0. The summed E-state index contributed by atoms with van der Waals surface area (Å²) in [5.74, 6) is 1.32. The molecule has 1 unspecified atom stereocenters. The fraction of sp³-hybridized carbons (Fsp3) is 0.360. The van der Waals surface area contributed by atoms with Crippen molar-refractivity contribution in [2.24, 2.45) is 5.92 Å². The number of likely N-dealkylation sites (tertiary alicyclic amines) is 1. The molecule has 0 amide bonds. The van der Waals surface area contributed by atoms with Crippen LogP contribution in [0.25, 0.3) is 15.7 Å². The normalized spacial score (nSPS) is 16.2. The molecule has 6 heteroatoms. The lowest BCUT2D eigenvalue weighted by molar-refractivity contribution is 0.183. The van der Waals surface area contributed by atoms with Gasteiger partial charge in [0.2, 0.25) is 5.88 Å². The molecule has 1 atom stereocenters. The molecule has 31 heavy (non-hydrogen) atoms. The van der Waals surface area contributed by atoms with E-state index in [9.17, 15) is 5.11 Å². The van der Waals surface area contributed by atoms with E-state index < -0.39 is 6.10 Å². The Kier molecular flexibility index (Phi) is 6.43. The second-order valence-corrected chi connectivity index (χ2v) is 8.63. The van der Waals surface area contributed by atoms with Gasteiger partial charge in [0.05, 0.1) is 24.2 Å². The van der Waals surface area contributed by atoms with Gasteiger partial charge in [-0.1, -0.05) is 48.9 Å². The SMILES string of the molecule is [C-]#[N+]c1ccc(C(O)c2ccc3nc(OC)c(CN4CCC(C)CC4)c(Cl)c3c2)cc1. The van der Waals surface area contributed by atoms with E-state index >= 15 is 0 Å². The molecular weight excluding hydrogens is 410 g/mol. The third kappa shape index (κ3) is 4.52. The van der Waals surface area contributed by atoms with Gasteiger partial charge in [0.25, 0.3) is 0 Å². The topological polar surface area (TPSA) is 50.0 Å².